The molecule has 0 fully saturated rings. The molecule has 6 nitrogen and oxygen atoms in total. The number of alkyl halides is 3. The van der Waals surface area contributed by atoms with Crippen molar-refractivity contribution in [1.29, 1.82) is 5.26 Å². The number of benzene rings is 2. The van der Waals surface area contributed by atoms with Crippen LogP contribution in [0.3, 0.4) is 0 Å². The molecular weight excluding hydrogens is 490 g/mol. The lowest BCUT2D eigenvalue weighted by Gasteiger charge is -2.28. The van der Waals surface area contributed by atoms with Gasteiger partial charge in [0.05, 0.1) is 32.7 Å². The highest BCUT2D eigenvalue weighted by atomic mass is 35.5. The average molecular weight is 502 g/mol. The molecule has 0 saturated heterocycles. The molecular formula is C20H12Cl3F3N5O+. The first kappa shape index (κ1) is 22.4. The number of nitrogens with zero attached hydrogens (tertiary/aromatic N) is 5. The van der Waals surface area contributed by atoms with Gasteiger partial charge in [-0.3, -0.25) is 5.21 Å². The van der Waals surface area contributed by atoms with E-state index in [1.54, 1.807) is 0 Å². The van der Waals surface area contributed by atoms with Gasteiger partial charge in [-0.25, -0.2) is 9.67 Å². The Labute approximate surface area is 194 Å². The van der Waals surface area contributed by atoms with E-state index in [0.717, 1.165) is 12.1 Å². The highest BCUT2D eigenvalue weighted by molar-refractivity contribution is 6.48. The molecule has 1 aliphatic rings. The van der Waals surface area contributed by atoms with E-state index in [2.05, 4.69) is 10.1 Å². The van der Waals surface area contributed by atoms with Crippen molar-refractivity contribution in [3.63, 3.8) is 0 Å². The molecule has 2 aromatic carbocycles. The lowest BCUT2D eigenvalue weighted by atomic mass is 9.76. The summed E-state index contributed by atoms with van der Waals surface area (Å²) in [7, 11) is 0. The van der Waals surface area contributed by atoms with Crippen LogP contribution in [-0.2, 0) is 5.41 Å². The molecule has 0 radical (unpaired) electrons. The highest BCUT2D eigenvalue weighted by Gasteiger charge is 2.64. The van der Waals surface area contributed by atoms with E-state index in [4.69, 9.17) is 34.8 Å². The lowest BCUT2D eigenvalue weighted by molar-refractivity contribution is -0.774. The van der Waals surface area contributed by atoms with Gasteiger partial charge < -0.3 is 0 Å². The second-order valence-electron chi connectivity index (χ2n) is 7.20. The van der Waals surface area contributed by atoms with Crippen molar-refractivity contribution in [1.82, 2.24) is 14.8 Å². The molecule has 1 aromatic heterocycles. The minimum atomic E-state index is -4.76. The summed E-state index contributed by atoms with van der Waals surface area (Å²) in [5.41, 5.74) is -1.92. The molecule has 4 rings (SSSR count). The van der Waals surface area contributed by atoms with Crippen LogP contribution in [0.1, 0.15) is 23.1 Å². The first-order valence-electron chi connectivity index (χ1n) is 9.01. The van der Waals surface area contributed by atoms with Gasteiger partial charge in [0.25, 0.3) is 0 Å². The summed E-state index contributed by atoms with van der Waals surface area (Å²) in [5, 5.41) is 23.7. The van der Waals surface area contributed by atoms with Gasteiger partial charge >= 0.3 is 6.18 Å². The second-order valence-corrected chi connectivity index (χ2v) is 8.39. The molecule has 164 valence electrons. The number of aromatic nitrogens is 3. The molecule has 1 N–H and O–H groups in total. The van der Waals surface area contributed by atoms with Crippen molar-refractivity contribution in [2.75, 3.05) is 6.54 Å². The predicted molar refractivity (Wildman–Crippen MR) is 111 cm³/mol. The third-order valence-electron chi connectivity index (χ3n) is 5.40. The summed E-state index contributed by atoms with van der Waals surface area (Å²) < 4.78 is 45.0. The van der Waals surface area contributed by atoms with Crippen molar-refractivity contribution >= 4 is 40.5 Å². The Morgan fingerprint density at radius 2 is 1.84 bits per heavy atom. The van der Waals surface area contributed by atoms with Crippen LogP contribution in [0, 0.1) is 11.3 Å². The van der Waals surface area contributed by atoms with Gasteiger partial charge in [0.1, 0.15) is 18.7 Å². The monoisotopic (exact) mass is 500 g/mol. The van der Waals surface area contributed by atoms with Gasteiger partial charge in [-0.05, 0) is 40.6 Å². The Morgan fingerprint density at radius 3 is 2.41 bits per heavy atom. The summed E-state index contributed by atoms with van der Waals surface area (Å²) in [6.07, 6.45) is -2.68. The van der Waals surface area contributed by atoms with Gasteiger partial charge in [0, 0.05) is 5.56 Å². The van der Waals surface area contributed by atoms with Crippen molar-refractivity contribution < 1.29 is 23.1 Å². The molecule has 2 heterocycles. The number of hydrogen-bond acceptors (Lipinski definition) is 4. The van der Waals surface area contributed by atoms with Gasteiger partial charge in [-0.15, -0.1) is 0 Å². The Bertz CT molecular complexity index is 1260. The second kappa shape index (κ2) is 7.96. The highest BCUT2D eigenvalue weighted by Crippen LogP contribution is 2.49. The number of hydroxylamine groups is 1. The molecule has 1 atom stereocenters. The van der Waals surface area contributed by atoms with Crippen LogP contribution in [-0.4, -0.2) is 43.1 Å². The normalized spacial score (nSPS) is 18.8. The molecule has 0 bridgehead atoms. The van der Waals surface area contributed by atoms with E-state index < -0.39 is 24.6 Å². The third-order valence-corrected chi connectivity index (χ3v) is 6.59. The van der Waals surface area contributed by atoms with Gasteiger partial charge in [0.2, 0.25) is 12.3 Å². The summed E-state index contributed by atoms with van der Waals surface area (Å²) in [6, 6.07) is 8.62. The zero-order chi connectivity index (χ0) is 23.3. The van der Waals surface area contributed by atoms with Gasteiger partial charge in [0.15, 0.2) is 5.41 Å². The fraction of sp³-hybridized carbons (Fsp3) is 0.200. The van der Waals surface area contributed by atoms with Crippen molar-refractivity contribution in [3.05, 3.63) is 74.7 Å². The maximum atomic E-state index is 14.4. The number of nitriles is 1. The Kier molecular flexibility index (Phi) is 5.57. The Balaban J connectivity index is 1.80. The third kappa shape index (κ3) is 3.58. The van der Waals surface area contributed by atoms with Crippen molar-refractivity contribution in [3.8, 4) is 11.8 Å². The summed E-state index contributed by atoms with van der Waals surface area (Å²) >= 11 is 17.9. The summed E-state index contributed by atoms with van der Waals surface area (Å²) in [4.78, 5) is 3.82. The van der Waals surface area contributed by atoms with Crippen LogP contribution in [0.25, 0.3) is 5.69 Å². The molecule has 0 aliphatic carbocycles. The first-order chi connectivity index (χ1) is 15.1. The molecule has 0 amide bonds. The standard InChI is InChI=1S/C20H12Cl3F3N5O/c21-14-4-13(5-15(22)18(14)23)19(20(24,25)26)6-17(31(32)8-19)11-1-2-16(12(3-11)7-27)30-10-28-9-29-30/h1-5,9-10,32H,6,8H2/q+1. The quantitative estimate of drug-likeness (QED) is 0.304. The molecule has 12 heteroatoms. The molecule has 1 aliphatic heterocycles. The van der Waals surface area contributed by atoms with E-state index in [-0.39, 0.29) is 37.5 Å². The van der Waals surface area contributed by atoms with Crippen LogP contribution < -0.4 is 0 Å². The zero-order valence-corrected chi connectivity index (χ0v) is 18.2. The predicted octanol–water partition coefficient (Wildman–Crippen LogP) is 5.19. The number of halogens is 6. The topological polar surface area (TPSA) is 77.7 Å². The summed E-state index contributed by atoms with van der Waals surface area (Å²) in [6.45, 7) is -0.785. The minimum absolute atomic E-state index is 0.00818. The lowest BCUT2D eigenvalue weighted by Crippen LogP contribution is -2.45. The summed E-state index contributed by atoms with van der Waals surface area (Å²) in [5.74, 6) is 0. The van der Waals surface area contributed by atoms with Crippen LogP contribution in [0.5, 0.6) is 0 Å². The Morgan fingerprint density at radius 1 is 1.16 bits per heavy atom. The SMILES string of the molecule is N#Cc1cc(C2=[N+](O)CC(c3cc(Cl)c(Cl)c(Cl)c3)(C(F)(F)F)C2)ccc1-n1cncn1. The van der Waals surface area contributed by atoms with Crippen LogP contribution in [0.2, 0.25) is 15.1 Å². The van der Waals surface area contributed by atoms with Crippen molar-refractivity contribution in [2.45, 2.75) is 18.0 Å². The number of hydrogen-bond donors (Lipinski definition) is 1. The fourth-order valence-corrected chi connectivity index (χ4v) is 4.35. The van der Waals surface area contributed by atoms with E-state index in [9.17, 15) is 23.6 Å². The molecule has 32 heavy (non-hydrogen) atoms. The van der Waals surface area contributed by atoms with Gasteiger partial charge in [-0.2, -0.15) is 23.5 Å². The van der Waals surface area contributed by atoms with Crippen molar-refractivity contribution in [2.24, 2.45) is 0 Å². The Hall–Kier alpha value is -2.80. The van der Waals surface area contributed by atoms with Gasteiger partial charge in [-0.1, -0.05) is 34.8 Å². The fourth-order valence-electron chi connectivity index (χ4n) is 3.75. The van der Waals surface area contributed by atoms with Crippen LogP contribution in [0.4, 0.5) is 13.2 Å². The maximum Gasteiger partial charge on any atom is 0.405 e. The molecule has 0 spiro atoms. The first-order valence-corrected chi connectivity index (χ1v) is 10.1. The largest absolute Gasteiger partial charge is 0.405 e. The van der Waals surface area contributed by atoms with Crippen LogP contribution in [0.15, 0.2) is 43.0 Å². The van der Waals surface area contributed by atoms with E-state index in [1.165, 1.54) is 35.5 Å². The van der Waals surface area contributed by atoms with Crippen LogP contribution >= 0.6 is 34.8 Å². The van der Waals surface area contributed by atoms with E-state index >= 15 is 0 Å². The minimum Gasteiger partial charge on any atom is -0.290 e. The smallest absolute Gasteiger partial charge is 0.290 e. The molecule has 1 unspecified atom stereocenters. The average Bonchev–Trinajstić information content (AvgIpc) is 3.39. The van der Waals surface area contributed by atoms with E-state index in [0.29, 0.717) is 10.4 Å². The number of rotatable bonds is 3. The molecule has 0 saturated carbocycles. The zero-order valence-electron chi connectivity index (χ0n) is 15.9. The molecule has 3 aromatic rings. The maximum absolute atomic E-state index is 14.4. The van der Waals surface area contributed by atoms with E-state index in [1.807, 2.05) is 6.07 Å².